The molecule has 0 unspecified atom stereocenters. The summed E-state index contributed by atoms with van der Waals surface area (Å²) in [6.45, 7) is 2.84. The van der Waals surface area contributed by atoms with Crippen molar-refractivity contribution in [2.24, 2.45) is 0 Å². The smallest absolute Gasteiger partial charge is 0.270 e. The van der Waals surface area contributed by atoms with Crippen molar-refractivity contribution in [2.75, 3.05) is 12.9 Å². The molecule has 0 spiro atoms. The van der Waals surface area contributed by atoms with E-state index in [-0.39, 0.29) is 17.9 Å². The molecule has 24 heavy (non-hydrogen) atoms. The Labute approximate surface area is 143 Å². The summed E-state index contributed by atoms with van der Waals surface area (Å²) >= 11 is 1.24. The zero-order valence-corrected chi connectivity index (χ0v) is 14.4. The zero-order valence-electron chi connectivity index (χ0n) is 13.6. The quantitative estimate of drug-likeness (QED) is 0.471. The van der Waals surface area contributed by atoms with Gasteiger partial charge in [-0.05, 0) is 18.7 Å². The number of aromatic nitrogens is 2. The predicted octanol–water partition coefficient (Wildman–Crippen LogP) is 3.49. The van der Waals surface area contributed by atoms with Crippen molar-refractivity contribution in [1.29, 1.82) is 5.26 Å². The molecule has 7 heteroatoms. The summed E-state index contributed by atoms with van der Waals surface area (Å²) in [6.07, 6.45) is 3.70. The second-order valence-corrected chi connectivity index (χ2v) is 5.92. The lowest BCUT2D eigenvalue weighted by atomic mass is 10.1. The van der Waals surface area contributed by atoms with Crippen LogP contribution >= 0.6 is 11.8 Å². The summed E-state index contributed by atoms with van der Waals surface area (Å²) in [7, 11) is 0. The minimum atomic E-state index is -0.528. The van der Waals surface area contributed by atoms with E-state index in [0.717, 1.165) is 12.8 Å². The van der Waals surface area contributed by atoms with Crippen molar-refractivity contribution in [3.8, 4) is 17.3 Å². The highest BCUT2D eigenvalue weighted by Crippen LogP contribution is 2.23. The van der Waals surface area contributed by atoms with Gasteiger partial charge in [0.05, 0.1) is 12.3 Å². The Morgan fingerprint density at radius 2 is 2.25 bits per heavy atom. The van der Waals surface area contributed by atoms with Gasteiger partial charge in [-0.2, -0.15) is 5.26 Å². The van der Waals surface area contributed by atoms with Gasteiger partial charge in [0.2, 0.25) is 0 Å². The second kappa shape index (κ2) is 8.62. The molecule has 0 aliphatic rings. The molecule has 1 N–H and O–H groups in total. The lowest BCUT2D eigenvalue weighted by molar-refractivity contribution is 0.116. The van der Waals surface area contributed by atoms with Crippen LogP contribution in [0.25, 0.3) is 11.3 Å². The van der Waals surface area contributed by atoms with E-state index in [0.29, 0.717) is 22.9 Å². The number of unbranched alkanes of at least 4 members (excludes halogenated alkanes) is 1. The molecule has 0 saturated heterocycles. The molecule has 1 aromatic heterocycles. The molecule has 0 bridgehead atoms. The van der Waals surface area contributed by atoms with Gasteiger partial charge in [-0.3, -0.25) is 4.79 Å². The number of nitrogens with zero attached hydrogens (tertiary/aromatic N) is 2. The normalized spacial score (nSPS) is 10.6. The second-order valence-electron chi connectivity index (χ2n) is 5.12. The Bertz CT molecular complexity index is 814. The van der Waals surface area contributed by atoms with Crippen molar-refractivity contribution in [3.63, 3.8) is 0 Å². The van der Waals surface area contributed by atoms with Crippen LogP contribution in [0.15, 0.2) is 28.2 Å². The van der Waals surface area contributed by atoms with Gasteiger partial charge in [-0.15, -0.1) is 0 Å². The lowest BCUT2D eigenvalue weighted by Gasteiger charge is -2.08. The molecule has 1 aromatic carbocycles. The molecule has 5 nitrogen and oxygen atoms in total. The van der Waals surface area contributed by atoms with Gasteiger partial charge < -0.3 is 9.72 Å². The number of rotatable bonds is 7. The number of ether oxygens (including phenoxy) is 1. The van der Waals surface area contributed by atoms with Gasteiger partial charge >= 0.3 is 0 Å². The first-order valence-electron chi connectivity index (χ1n) is 7.55. The SMILES string of the molecule is CCCCOCc1ccc(-c2nc(SC)[nH]c(=O)c2C#N)cc1F. The first-order chi connectivity index (χ1) is 11.6. The fraction of sp³-hybridized carbons (Fsp3) is 0.353. The lowest BCUT2D eigenvalue weighted by Crippen LogP contribution is -2.14. The summed E-state index contributed by atoms with van der Waals surface area (Å²) in [5.74, 6) is -0.444. The third-order valence-corrected chi connectivity index (χ3v) is 4.01. The van der Waals surface area contributed by atoms with Crippen LogP contribution in [-0.2, 0) is 11.3 Å². The highest BCUT2D eigenvalue weighted by atomic mass is 32.2. The Morgan fingerprint density at radius 3 is 2.88 bits per heavy atom. The molecule has 0 saturated carbocycles. The highest BCUT2D eigenvalue weighted by Gasteiger charge is 2.15. The third-order valence-electron chi connectivity index (χ3n) is 3.43. The number of halogens is 1. The molecule has 0 radical (unpaired) electrons. The molecule has 0 fully saturated rings. The zero-order chi connectivity index (χ0) is 17.5. The maximum absolute atomic E-state index is 14.3. The van der Waals surface area contributed by atoms with E-state index in [2.05, 4.69) is 16.9 Å². The minimum Gasteiger partial charge on any atom is -0.377 e. The molecule has 0 amide bonds. The summed E-state index contributed by atoms with van der Waals surface area (Å²) in [6, 6.07) is 6.36. The summed E-state index contributed by atoms with van der Waals surface area (Å²) in [5.41, 5.74) is 0.354. The number of nitrogens with one attached hydrogen (secondary N) is 1. The largest absolute Gasteiger partial charge is 0.377 e. The van der Waals surface area contributed by atoms with E-state index in [1.807, 2.05) is 6.07 Å². The number of hydrogen-bond donors (Lipinski definition) is 1. The average Bonchev–Trinajstić information content (AvgIpc) is 2.59. The highest BCUT2D eigenvalue weighted by molar-refractivity contribution is 7.98. The molecule has 0 atom stereocenters. The fourth-order valence-corrected chi connectivity index (χ4v) is 2.48. The van der Waals surface area contributed by atoms with Crippen LogP contribution in [0.4, 0.5) is 4.39 Å². The minimum absolute atomic E-state index is 0.126. The first-order valence-corrected chi connectivity index (χ1v) is 8.78. The van der Waals surface area contributed by atoms with Gasteiger partial charge in [0, 0.05) is 17.7 Å². The van der Waals surface area contributed by atoms with Crippen LogP contribution in [0, 0.1) is 17.1 Å². The van der Waals surface area contributed by atoms with Crippen LogP contribution < -0.4 is 5.56 Å². The summed E-state index contributed by atoms with van der Waals surface area (Å²) in [4.78, 5) is 18.7. The van der Waals surface area contributed by atoms with Crippen molar-refractivity contribution in [1.82, 2.24) is 9.97 Å². The number of nitriles is 1. The number of hydrogen-bond acceptors (Lipinski definition) is 5. The van der Waals surface area contributed by atoms with E-state index < -0.39 is 11.4 Å². The maximum Gasteiger partial charge on any atom is 0.270 e. The number of aromatic amines is 1. The first kappa shape index (κ1) is 18.2. The van der Waals surface area contributed by atoms with Gasteiger partial charge in [-0.1, -0.05) is 37.2 Å². The Kier molecular flexibility index (Phi) is 6.53. The van der Waals surface area contributed by atoms with Crippen molar-refractivity contribution < 1.29 is 9.13 Å². The molecule has 126 valence electrons. The van der Waals surface area contributed by atoms with Gasteiger partial charge in [0.15, 0.2) is 5.16 Å². The average molecular weight is 347 g/mol. The van der Waals surface area contributed by atoms with E-state index in [1.165, 1.54) is 17.8 Å². The standard InChI is InChI=1S/C17H18FN3O2S/c1-3-4-7-23-10-12-6-5-11(8-14(12)18)15-13(9-19)16(22)21-17(20-15)24-2/h5-6,8H,3-4,7,10H2,1-2H3,(H,20,21,22). The summed E-state index contributed by atoms with van der Waals surface area (Å²) < 4.78 is 19.7. The van der Waals surface area contributed by atoms with Crippen molar-refractivity contribution >= 4 is 11.8 Å². The molecule has 2 rings (SSSR count). The van der Waals surface area contributed by atoms with E-state index in [4.69, 9.17) is 4.74 Å². The molecule has 1 heterocycles. The van der Waals surface area contributed by atoms with Gasteiger partial charge in [-0.25, -0.2) is 9.37 Å². The van der Waals surface area contributed by atoms with E-state index in [9.17, 15) is 14.4 Å². The van der Waals surface area contributed by atoms with Crippen molar-refractivity contribution in [2.45, 2.75) is 31.5 Å². The van der Waals surface area contributed by atoms with Crippen LogP contribution in [-0.4, -0.2) is 22.8 Å². The molecule has 0 aliphatic heterocycles. The fourth-order valence-electron chi connectivity index (χ4n) is 2.10. The Morgan fingerprint density at radius 1 is 1.46 bits per heavy atom. The Hall–Kier alpha value is -2.17. The van der Waals surface area contributed by atoms with Crippen LogP contribution in [0.5, 0.6) is 0 Å². The third kappa shape index (κ3) is 4.22. The number of benzene rings is 1. The molecular formula is C17H18FN3O2S. The topological polar surface area (TPSA) is 78.8 Å². The molecule has 0 aliphatic carbocycles. The summed E-state index contributed by atoms with van der Waals surface area (Å²) in [5, 5.41) is 9.56. The molecule has 2 aromatic rings. The van der Waals surface area contributed by atoms with Crippen LogP contribution in [0.3, 0.4) is 0 Å². The van der Waals surface area contributed by atoms with Gasteiger partial charge in [0.25, 0.3) is 5.56 Å². The monoisotopic (exact) mass is 347 g/mol. The van der Waals surface area contributed by atoms with Crippen molar-refractivity contribution in [3.05, 3.63) is 45.5 Å². The molecular weight excluding hydrogens is 329 g/mol. The van der Waals surface area contributed by atoms with Crippen LogP contribution in [0.2, 0.25) is 0 Å². The van der Waals surface area contributed by atoms with E-state index in [1.54, 1.807) is 18.4 Å². The Balaban J connectivity index is 2.34. The maximum atomic E-state index is 14.3. The number of thioether (sulfide) groups is 1. The van der Waals surface area contributed by atoms with E-state index >= 15 is 0 Å². The number of H-pyrrole nitrogens is 1. The van der Waals surface area contributed by atoms with Crippen LogP contribution in [0.1, 0.15) is 30.9 Å². The predicted molar refractivity (Wildman–Crippen MR) is 91.3 cm³/mol. The van der Waals surface area contributed by atoms with Gasteiger partial charge in [0.1, 0.15) is 17.4 Å².